The summed E-state index contributed by atoms with van der Waals surface area (Å²) in [5.41, 5.74) is 0.316. The molecule has 72 valence electrons. The van der Waals surface area contributed by atoms with E-state index in [1.165, 1.54) is 0 Å². The quantitative estimate of drug-likeness (QED) is 0.629. The van der Waals surface area contributed by atoms with E-state index in [2.05, 4.69) is 39.5 Å². The van der Waals surface area contributed by atoms with Crippen molar-refractivity contribution in [1.82, 2.24) is 4.90 Å². The van der Waals surface area contributed by atoms with Crippen molar-refractivity contribution in [2.75, 3.05) is 13.1 Å². The summed E-state index contributed by atoms with van der Waals surface area (Å²) >= 11 is 0. The van der Waals surface area contributed by atoms with Crippen molar-refractivity contribution in [2.24, 2.45) is 0 Å². The summed E-state index contributed by atoms with van der Waals surface area (Å²) in [7, 11) is 0. The molecule has 0 aromatic heterocycles. The van der Waals surface area contributed by atoms with Gasteiger partial charge in [-0.25, -0.2) is 0 Å². The first-order valence-corrected chi connectivity index (χ1v) is 4.80. The fourth-order valence-corrected chi connectivity index (χ4v) is 1.46. The number of hydrogen-bond acceptors (Lipinski definition) is 2. The van der Waals surface area contributed by atoms with E-state index >= 15 is 0 Å². The molecule has 0 radical (unpaired) electrons. The van der Waals surface area contributed by atoms with Crippen LogP contribution in [-0.4, -0.2) is 35.7 Å². The first kappa shape index (κ1) is 10.0. The average molecular weight is 171 g/mol. The molecule has 0 saturated carbocycles. The van der Waals surface area contributed by atoms with Gasteiger partial charge in [-0.1, -0.05) is 0 Å². The molecule has 0 aliphatic carbocycles. The summed E-state index contributed by atoms with van der Waals surface area (Å²) in [6.07, 6.45) is 0.848. The second-order valence-corrected chi connectivity index (χ2v) is 4.88. The molecule has 2 nitrogen and oxygen atoms in total. The van der Waals surface area contributed by atoms with Crippen LogP contribution in [0.4, 0.5) is 0 Å². The standard InChI is InChI=1S/C10H21NO/c1-8(2)12-9-6-11(7-9)10(3,4)5/h8-9H,6-7H2,1-5H3. The van der Waals surface area contributed by atoms with Gasteiger partial charge in [-0.05, 0) is 34.6 Å². The van der Waals surface area contributed by atoms with Gasteiger partial charge in [0, 0.05) is 18.6 Å². The highest BCUT2D eigenvalue weighted by Gasteiger charge is 2.35. The van der Waals surface area contributed by atoms with E-state index in [-0.39, 0.29) is 0 Å². The van der Waals surface area contributed by atoms with E-state index in [0.717, 1.165) is 13.1 Å². The van der Waals surface area contributed by atoms with E-state index in [0.29, 0.717) is 17.7 Å². The lowest BCUT2D eigenvalue weighted by Gasteiger charge is -2.47. The lowest BCUT2D eigenvalue weighted by Crippen LogP contribution is -2.60. The van der Waals surface area contributed by atoms with Gasteiger partial charge in [0.15, 0.2) is 0 Å². The van der Waals surface area contributed by atoms with Crippen molar-refractivity contribution in [2.45, 2.75) is 52.4 Å². The first-order chi connectivity index (χ1) is 5.39. The Morgan fingerprint density at radius 3 is 2.08 bits per heavy atom. The maximum absolute atomic E-state index is 5.67. The van der Waals surface area contributed by atoms with E-state index in [1.54, 1.807) is 0 Å². The molecule has 1 rings (SSSR count). The van der Waals surface area contributed by atoms with Crippen molar-refractivity contribution in [3.8, 4) is 0 Å². The molecule has 1 saturated heterocycles. The van der Waals surface area contributed by atoms with Gasteiger partial charge in [0.05, 0.1) is 12.2 Å². The zero-order chi connectivity index (χ0) is 9.35. The van der Waals surface area contributed by atoms with E-state index in [4.69, 9.17) is 4.74 Å². The summed E-state index contributed by atoms with van der Waals surface area (Å²) in [6.45, 7) is 13.1. The van der Waals surface area contributed by atoms with Gasteiger partial charge in [0.2, 0.25) is 0 Å². The molecule has 1 aliphatic rings. The van der Waals surface area contributed by atoms with Crippen LogP contribution >= 0.6 is 0 Å². The molecule has 1 heterocycles. The SMILES string of the molecule is CC(C)OC1CN(C(C)(C)C)C1. The summed E-state index contributed by atoms with van der Waals surface area (Å²) in [4.78, 5) is 2.44. The highest BCUT2D eigenvalue weighted by atomic mass is 16.5. The number of likely N-dealkylation sites (tertiary alicyclic amines) is 1. The van der Waals surface area contributed by atoms with Gasteiger partial charge in [0.25, 0.3) is 0 Å². The Balaban J connectivity index is 2.20. The zero-order valence-electron chi connectivity index (χ0n) is 8.92. The third kappa shape index (κ3) is 2.46. The van der Waals surface area contributed by atoms with Crippen molar-refractivity contribution >= 4 is 0 Å². The van der Waals surface area contributed by atoms with E-state index in [9.17, 15) is 0 Å². The van der Waals surface area contributed by atoms with Crippen LogP contribution in [0.25, 0.3) is 0 Å². The minimum Gasteiger partial charge on any atom is -0.373 e. The monoisotopic (exact) mass is 171 g/mol. The second-order valence-electron chi connectivity index (χ2n) is 4.88. The molecule has 0 amide bonds. The Bertz CT molecular complexity index is 142. The van der Waals surface area contributed by atoms with Crippen LogP contribution in [0.1, 0.15) is 34.6 Å². The Labute approximate surface area is 75.9 Å². The number of rotatable bonds is 2. The van der Waals surface area contributed by atoms with E-state index < -0.39 is 0 Å². The summed E-state index contributed by atoms with van der Waals surface area (Å²) in [6, 6.07) is 0. The van der Waals surface area contributed by atoms with Gasteiger partial charge in [-0.2, -0.15) is 0 Å². The number of nitrogens with zero attached hydrogens (tertiary/aromatic N) is 1. The normalized spacial score (nSPS) is 21.5. The maximum atomic E-state index is 5.67. The van der Waals surface area contributed by atoms with Crippen LogP contribution < -0.4 is 0 Å². The van der Waals surface area contributed by atoms with Crippen molar-refractivity contribution in [3.63, 3.8) is 0 Å². The lowest BCUT2D eigenvalue weighted by atomic mass is 9.99. The second kappa shape index (κ2) is 3.35. The first-order valence-electron chi connectivity index (χ1n) is 4.80. The van der Waals surface area contributed by atoms with Gasteiger partial charge in [-0.3, -0.25) is 4.90 Å². The topological polar surface area (TPSA) is 12.5 Å². The average Bonchev–Trinajstić information content (AvgIpc) is 1.73. The molecule has 0 N–H and O–H groups in total. The van der Waals surface area contributed by atoms with Crippen LogP contribution in [0.5, 0.6) is 0 Å². The van der Waals surface area contributed by atoms with Gasteiger partial charge >= 0.3 is 0 Å². The van der Waals surface area contributed by atoms with Gasteiger partial charge < -0.3 is 4.74 Å². The Morgan fingerprint density at radius 2 is 1.75 bits per heavy atom. The fourth-order valence-electron chi connectivity index (χ4n) is 1.46. The highest BCUT2D eigenvalue weighted by Crippen LogP contribution is 2.23. The van der Waals surface area contributed by atoms with Gasteiger partial charge in [-0.15, -0.1) is 0 Å². The molecule has 0 bridgehead atoms. The molecule has 0 aromatic rings. The Morgan fingerprint density at radius 1 is 1.25 bits per heavy atom. The Kier molecular flexibility index (Phi) is 2.79. The van der Waals surface area contributed by atoms with Crippen molar-refractivity contribution in [1.29, 1.82) is 0 Å². The van der Waals surface area contributed by atoms with Gasteiger partial charge in [0.1, 0.15) is 0 Å². The van der Waals surface area contributed by atoms with Crippen LogP contribution in [0.3, 0.4) is 0 Å². The van der Waals surface area contributed by atoms with Crippen LogP contribution in [0, 0.1) is 0 Å². The molecular formula is C10H21NO. The highest BCUT2D eigenvalue weighted by molar-refractivity contribution is 4.89. The minimum atomic E-state index is 0.316. The summed E-state index contributed by atoms with van der Waals surface area (Å²) in [5.74, 6) is 0. The smallest absolute Gasteiger partial charge is 0.0832 e. The zero-order valence-corrected chi connectivity index (χ0v) is 8.92. The summed E-state index contributed by atoms with van der Waals surface area (Å²) < 4.78 is 5.67. The molecule has 0 aromatic carbocycles. The number of ether oxygens (including phenoxy) is 1. The molecule has 2 heteroatoms. The fraction of sp³-hybridized carbons (Fsp3) is 1.00. The molecule has 12 heavy (non-hydrogen) atoms. The summed E-state index contributed by atoms with van der Waals surface area (Å²) in [5, 5.41) is 0. The minimum absolute atomic E-state index is 0.316. The van der Waals surface area contributed by atoms with Crippen molar-refractivity contribution in [3.05, 3.63) is 0 Å². The molecule has 0 atom stereocenters. The molecule has 1 aliphatic heterocycles. The molecule has 0 spiro atoms. The molecule has 0 unspecified atom stereocenters. The van der Waals surface area contributed by atoms with E-state index in [1.807, 2.05) is 0 Å². The lowest BCUT2D eigenvalue weighted by molar-refractivity contribution is -0.109. The maximum Gasteiger partial charge on any atom is 0.0832 e. The largest absolute Gasteiger partial charge is 0.373 e. The third-order valence-corrected chi connectivity index (χ3v) is 2.26. The number of hydrogen-bond donors (Lipinski definition) is 0. The third-order valence-electron chi connectivity index (χ3n) is 2.26. The molecular weight excluding hydrogens is 150 g/mol. The predicted molar refractivity (Wildman–Crippen MR) is 51.3 cm³/mol. The van der Waals surface area contributed by atoms with Crippen molar-refractivity contribution < 1.29 is 4.74 Å². The molecule has 1 fully saturated rings. The van der Waals surface area contributed by atoms with Crippen LogP contribution in [0.2, 0.25) is 0 Å². The van der Waals surface area contributed by atoms with Crippen LogP contribution in [0.15, 0.2) is 0 Å². The van der Waals surface area contributed by atoms with Crippen LogP contribution in [-0.2, 0) is 4.74 Å². The predicted octanol–water partition coefficient (Wildman–Crippen LogP) is 1.89. The Hall–Kier alpha value is -0.0800.